The Morgan fingerprint density at radius 2 is 2.13 bits per heavy atom. The molecule has 0 N–H and O–H groups in total. The topological polar surface area (TPSA) is 85.8 Å². The summed E-state index contributed by atoms with van der Waals surface area (Å²) in [6.07, 6.45) is 5.69. The molecule has 1 aliphatic heterocycles. The minimum absolute atomic E-state index is 0.357. The minimum atomic E-state index is 0.357. The molecule has 2 aromatic rings. The van der Waals surface area contributed by atoms with E-state index in [1.54, 1.807) is 0 Å². The predicted octanol–water partition coefficient (Wildman–Crippen LogP) is 1.72. The van der Waals surface area contributed by atoms with E-state index < -0.39 is 0 Å². The first-order chi connectivity index (χ1) is 11.3. The summed E-state index contributed by atoms with van der Waals surface area (Å²) in [6, 6.07) is 0. The molecule has 0 radical (unpaired) electrons. The van der Waals surface area contributed by atoms with Crippen molar-refractivity contribution in [2.24, 2.45) is 0 Å². The van der Waals surface area contributed by atoms with Crippen LogP contribution in [0.2, 0.25) is 0 Å². The Kier molecular flexibility index (Phi) is 4.07. The van der Waals surface area contributed by atoms with Crippen LogP contribution in [0.1, 0.15) is 68.4 Å². The average Bonchev–Trinajstić information content (AvgIpc) is 3.14. The lowest BCUT2D eigenvalue weighted by Gasteiger charge is -2.30. The fourth-order valence-corrected chi connectivity index (χ4v) is 3.24. The lowest BCUT2D eigenvalue weighted by Crippen LogP contribution is -2.35. The van der Waals surface area contributed by atoms with E-state index in [1.807, 2.05) is 4.68 Å². The van der Waals surface area contributed by atoms with Gasteiger partial charge >= 0.3 is 0 Å². The van der Waals surface area contributed by atoms with Gasteiger partial charge in [-0.3, -0.25) is 4.90 Å². The Hall–Kier alpha value is -1.83. The van der Waals surface area contributed by atoms with Crippen molar-refractivity contribution in [3.05, 3.63) is 17.5 Å². The summed E-state index contributed by atoms with van der Waals surface area (Å²) in [5, 5.41) is 16.3. The van der Waals surface area contributed by atoms with E-state index in [0.29, 0.717) is 11.8 Å². The summed E-state index contributed by atoms with van der Waals surface area (Å²) in [4.78, 5) is 7.03. The molecule has 2 aliphatic rings. The Morgan fingerprint density at radius 1 is 1.22 bits per heavy atom. The number of hydrogen-bond donors (Lipinski definition) is 0. The van der Waals surface area contributed by atoms with Gasteiger partial charge in [-0.2, -0.15) is 4.98 Å². The lowest BCUT2D eigenvalue weighted by atomic mass is 9.97. The van der Waals surface area contributed by atoms with Crippen molar-refractivity contribution in [2.75, 3.05) is 13.1 Å². The number of aryl methyl sites for hydroxylation is 1. The molecule has 8 nitrogen and oxygen atoms in total. The summed E-state index contributed by atoms with van der Waals surface area (Å²) in [5.41, 5.74) is 0. The van der Waals surface area contributed by atoms with Crippen molar-refractivity contribution in [1.82, 2.24) is 35.2 Å². The van der Waals surface area contributed by atoms with Gasteiger partial charge in [0.1, 0.15) is 0 Å². The maximum Gasteiger partial charge on any atom is 0.229 e. The van der Waals surface area contributed by atoms with Crippen LogP contribution in [-0.4, -0.2) is 48.3 Å². The minimum Gasteiger partial charge on any atom is -0.339 e. The van der Waals surface area contributed by atoms with E-state index >= 15 is 0 Å². The van der Waals surface area contributed by atoms with Gasteiger partial charge in [0.2, 0.25) is 5.89 Å². The number of aromatic nitrogens is 6. The quantitative estimate of drug-likeness (QED) is 0.801. The van der Waals surface area contributed by atoms with Gasteiger partial charge in [0.25, 0.3) is 0 Å². The molecule has 0 aromatic carbocycles. The first kappa shape index (κ1) is 14.7. The van der Waals surface area contributed by atoms with Crippen LogP contribution in [0.5, 0.6) is 0 Å². The summed E-state index contributed by atoms with van der Waals surface area (Å²) in [7, 11) is 0. The van der Waals surface area contributed by atoms with Crippen molar-refractivity contribution in [2.45, 2.75) is 64.0 Å². The second-order valence-electron chi connectivity index (χ2n) is 6.66. The molecule has 4 rings (SSSR count). The first-order valence-corrected chi connectivity index (χ1v) is 8.64. The normalized spacial score (nSPS) is 22.6. The van der Waals surface area contributed by atoms with Crippen LogP contribution in [-0.2, 0) is 13.1 Å². The molecule has 3 heterocycles. The van der Waals surface area contributed by atoms with Gasteiger partial charge < -0.3 is 4.52 Å². The van der Waals surface area contributed by atoms with E-state index in [2.05, 4.69) is 37.5 Å². The zero-order valence-electron chi connectivity index (χ0n) is 13.6. The van der Waals surface area contributed by atoms with Crippen molar-refractivity contribution in [3.8, 4) is 0 Å². The largest absolute Gasteiger partial charge is 0.339 e. The van der Waals surface area contributed by atoms with E-state index in [1.165, 1.54) is 12.8 Å². The second-order valence-corrected chi connectivity index (χ2v) is 6.66. The molecule has 23 heavy (non-hydrogen) atoms. The van der Waals surface area contributed by atoms with Gasteiger partial charge in [0, 0.05) is 24.9 Å². The zero-order valence-corrected chi connectivity index (χ0v) is 13.6. The van der Waals surface area contributed by atoms with Gasteiger partial charge in [-0.25, -0.2) is 4.68 Å². The molecule has 0 unspecified atom stereocenters. The van der Waals surface area contributed by atoms with E-state index in [0.717, 1.165) is 63.0 Å². The van der Waals surface area contributed by atoms with Gasteiger partial charge in [0.05, 0.1) is 6.54 Å². The van der Waals surface area contributed by atoms with Gasteiger partial charge in [-0.05, 0) is 49.1 Å². The Balaban J connectivity index is 1.40. The van der Waals surface area contributed by atoms with Crippen LogP contribution >= 0.6 is 0 Å². The van der Waals surface area contributed by atoms with Gasteiger partial charge in [-0.1, -0.05) is 12.1 Å². The number of likely N-dealkylation sites (tertiary alicyclic amines) is 1. The van der Waals surface area contributed by atoms with E-state index in [-0.39, 0.29) is 0 Å². The average molecular weight is 317 g/mol. The fraction of sp³-hybridized carbons (Fsp3) is 0.800. The molecule has 1 saturated heterocycles. The summed E-state index contributed by atoms with van der Waals surface area (Å²) >= 11 is 0. The highest BCUT2D eigenvalue weighted by Crippen LogP contribution is 2.39. The molecule has 8 heteroatoms. The highest BCUT2D eigenvalue weighted by atomic mass is 16.5. The number of tetrazole rings is 1. The van der Waals surface area contributed by atoms with Crippen LogP contribution in [0.15, 0.2) is 4.52 Å². The molecule has 1 aliphatic carbocycles. The van der Waals surface area contributed by atoms with Crippen LogP contribution in [0.3, 0.4) is 0 Å². The number of nitrogens with zero attached hydrogens (tertiary/aromatic N) is 7. The molecular weight excluding hydrogens is 294 g/mol. The second kappa shape index (κ2) is 6.35. The third kappa shape index (κ3) is 3.26. The van der Waals surface area contributed by atoms with Crippen molar-refractivity contribution in [1.29, 1.82) is 0 Å². The number of piperidine rings is 1. The Bertz CT molecular complexity index is 648. The van der Waals surface area contributed by atoms with Crippen molar-refractivity contribution in [3.63, 3.8) is 0 Å². The summed E-state index contributed by atoms with van der Waals surface area (Å²) in [6.45, 7) is 5.81. The monoisotopic (exact) mass is 317 g/mol. The highest BCUT2D eigenvalue weighted by molar-refractivity contribution is 5.05. The Morgan fingerprint density at radius 3 is 2.96 bits per heavy atom. The maximum absolute atomic E-state index is 5.42. The molecule has 2 fully saturated rings. The number of rotatable bonds is 6. The number of hydrogen-bond acceptors (Lipinski definition) is 7. The SMILES string of the molecule is CCCn1nnnc1CN1CCC[C@H](c2noc(C3CC3)n2)C1. The van der Waals surface area contributed by atoms with Crippen LogP contribution in [0.25, 0.3) is 0 Å². The van der Waals surface area contributed by atoms with Crippen LogP contribution in [0, 0.1) is 0 Å². The molecule has 0 bridgehead atoms. The highest BCUT2D eigenvalue weighted by Gasteiger charge is 2.32. The third-order valence-corrected chi connectivity index (χ3v) is 4.66. The van der Waals surface area contributed by atoms with Gasteiger partial charge in [-0.15, -0.1) is 5.10 Å². The molecule has 1 atom stereocenters. The zero-order chi connectivity index (χ0) is 15.6. The van der Waals surface area contributed by atoms with E-state index in [9.17, 15) is 0 Å². The summed E-state index contributed by atoms with van der Waals surface area (Å²) in [5.74, 6) is 3.54. The molecular formula is C15H23N7O. The van der Waals surface area contributed by atoms with Gasteiger partial charge in [0.15, 0.2) is 11.6 Å². The van der Waals surface area contributed by atoms with Crippen LogP contribution < -0.4 is 0 Å². The first-order valence-electron chi connectivity index (χ1n) is 8.64. The molecule has 1 saturated carbocycles. The van der Waals surface area contributed by atoms with Crippen molar-refractivity contribution < 1.29 is 4.52 Å². The third-order valence-electron chi connectivity index (χ3n) is 4.66. The van der Waals surface area contributed by atoms with Crippen LogP contribution in [0.4, 0.5) is 0 Å². The fourth-order valence-electron chi connectivity index (χ4n) is 3.24. The summed E-state index contributed by atoms with van der Waals surface area (Å²) < 4.78 is 7.32. The maximum atomic E-state index is 5.42. The van der Waals surface area contributed by atoms with Crippen molar-refractivity contribution >= 4 is 0 Å². The molecule has 2 aromatic heterocycles. The Labute approximate surface area is 135 Å². The predicted molar refractivity (Wildman–Crippen MR) is 81.6 cm³/mol. The van der Waals surface area contributed by atoms with E-state index in [4.69, 9.17) is 4.52 Å². The molecule has 0 amide bonds. The molecule has 124 valence electrons. The smallest absolute Gasteiger partial charge is 0.229 e. The lowest BCUT2D eigenvalue weighted by molar-refractivity contribution is 0.187. The standard InChI is InChI=1S/C15H23N7O/c1-2-7-22-13(17-19-20-22)10-21-8-3-4-12(9-21)14-16-15(23-18-14)11-5-6-11/h11-12H,2-10H2,1H3/t12-/m0/s1. The molecule has 0 spiro atoms.